The van der Waals surface area contributed by atoms with Gasteiger partial charge in [-0.3, -0.25) is 9.52 Å². The van der Waals surface area contributed by atoms with Crippen LogP contribution >= 0.6 is 23.2 Å². The Hall–Kier alpha value is -4.08. The minimum Gasteiger partial charge on any atom is -0.619 e. The van der Waals surface area contributed by atoms with Crippen molar-refractivity contribution < 1.29 is 50.5 Å². The van der Waals surface area contributed by atoms with Crippen molar-refractivity contribution in [2.24, 2.45) is 11.8 Å². The Labute approximate surface area is 309 Å². The van der Waals surface area contributed by atoms with E-state index in [4.69, 9.17) is 37.4 Å². The van der Waals surface area contributed by atoms with E-state index < -0.39 is 40.7 Å². The lowest BCUT2D eigenvalue weighted by atomic mass is 10.0. The predicted molar refractivity (Wildman–Crippen MR) is 186 cm³/mol. The van der Waals surface area contributed by atoms with Gasteiger partial charge in [0, 0.05) is 24.1 Å². The van der Waals surface area contributed by atoms with Gasteiger partial charge in [-0.15, -0.1) is 0 Å². The van der Waals surface area contributed by atoms with Crippen LogP contribution in [0.2, 0.25) is 10.0 Å². The highest BCUT2D eigenvalue weighted by Gasteiger charge is 2.38. The van der Waals surface area contributed by atoms with Crippen LogP contribution in [0, 0.1) is 17.0 Å². The maximum atomic E-state index is 14.0. The van der Waals surface area contributed by atoms with E-state index in [1.54, 1.807) is 0 Å². The number of anilines is 1. The first-order valence-electron chi connectivity index (χ1n) is 16.8. The Kier molecular flexibility index (Phi) is 11.5. The van der Waals surface area contributed by atoms with Crippen LogP contribution in [-0.2, 0) is 26.0 Å². The number of halogens is 4. The molecule has 52 heavy (non-hydrogen) atoms. The maximum Gasteiger partial charge on any atom is 0.387 e. The third-order valence-electron chi connectivity index (χ3n) is 8.91. The average molecular weight is 785 g/mol. The summed E-state index contributed by atoms with van der Waals surface area (Å²) in [4.78, 5) is 29.2. The number of amides is 1. The molecule has 1 aliphatic heterocycles. The smallest absolute Gasteiger partial charge is 0.387 e. The standard InChI is InChI=1S/C35H37Cl2F2N3O9S/c1-52(46,47)40-27-13-23(9-10-29(27)48-18-20-4-5-20)33(43)42-12-2-3-28(42)34(44)50-31(15-24-25(36)16-41(45)17-26(24)37)22-8-11-30(51-35(38)39)32(14-22)49-19-21-6-7-21/h8-11,13-14,16-17,20-21,28,31,35,40H,2-7,12,15,18-19H2,1H3/t28-,31-/m0/s1. The summed E-state index contributed by atoms with van der Waals surface area (Å²) < 4.78 is 76.1. The number of benzene rings is 2. The number of carbonyl (C=O) groups is 2. The van der Waals surface area contributed by atoms with Gasteiger partial charge in [0.25, 0.3) is 5.91 Å². The summed E-state index contributed by atoms with van der Waals surface area (Å²) >= 11 is 12.8. The number of esters is 1. The summed E-state index contributed by atoms with van der Waals surface area (Å²) in [5.74, 6) is -0.503. The van der Waals surface area contributed by atoms with Crippen LogP contribution in [0.5, 0.6) is 17.2 Å². The molecule has 2 saturated carbocycles. The van der Waals surface area contributed by atoms with Gasteiger partial charge in [0.05, 0.1) is 25.2 Å². The molecule has 3 aromatic rings. The zero-order chi connectivity index (χ0) is 37.2. The minimum atomic E-state index is -3.72. The van der Waals surface area contributed by atoms with Gasteiger partial charge < -0.3 is 29.1 Å². The minimum absolute atomic E-state index is 0.00662. The van der Waals surface area contributed by atoms with Gasteiger partial charge in [0.2, 0.25) is 10.0 Å². The van der Waals surface area contributed by atoms with Gasteiger partial charge in [-0.25, -0.2) is 13.2 Å². The first-order valence-corrected chi connectivity index (χ1v) is 19.4. The summed E-state index contributed by atoms with van der Waals surface area (Å²) in [6.45, 7) is -2.20. The Bertz CT molecular complexity index is 1910. The van der Waals surface area contributed by atoms with Crippen molar-refractivity contribution in [1.29, 1.82) is 0 Å². The van der Waals surface area contributed by atoms with Crippen molar-refractivity contribution in [1.82, 2.24) is 4.90 Å². The fourth-order valence-electron chi connectivity index (χ4n) is 5.86. The summed E-state index contributed by atoms with van der Waals surface area (Å²) in [6, 6.07) is 7.56. The number of carbonyl (C=O) groups excluding carboxylic acids is 2. The van der Waals surface area contributed by atoms with E-state index in [1.807, 2.05) is 0 Å². The van der Waals surface area contributed by atoms with Gasteiger partial charge in [-0.05, 0) is 86.3 Å². The number of hydrogen-bond donors (Lipinski definition) is 1. The van der Waals surface area contributed by atoms with Crippen molar-refractivity contribution in [2.45, 2.75) is 63.7 Å². The van der Waals surface area contributed by atoms with Gasteiger partial charge in [0.1, 0.15) is 27.9 Å². The largest absolute Gasteiger partial charge is 0.619 e. The number of nitrogens with zero attached hydrogens (tertiary/aromatic N) is 2. The Morgan fingerprint density at radius 3 is 2.21 bits per heavy atom. The zero-order valence-electron chi connectivity index (χ0n) is 28.1. The summed E-state index contributed by atoms with van der Waals surface area (Å²) in [5.41, 5.74) is 0.848. The number of ether oxygens (including phenoxy) is 4. The van der Waals surface area contributed by atoms with E-state index in [1.165, 1.54) is 41.3 Å². The third-order valence-corrected chi connectivity index (χ3v) is 10.2. The number of aromatic nitrogens is 1. The highest BCUT2D eigenvalue weighted by Crippen LogP contribution is 2.39. The van der Waals surface area contributed by atoms with Crippen LogP contribution in [0.25, 0.3) is 0 Å². The van der Waals surface area contributed by atoms with Crippen molar-refractivity contribution in [3.8, 4) is 17.2 Å². The van der Waals surface area contributed by atoms with Gasteiger partial charge in [-0.1, -0.05) is 29.3 Å². The lowest BCUT2D eigenvalue weighted by Gasteiger charge is -2.27. The normalized spacial score (nSPS) is 17.9. The molecule has 2 aromatic carbocycles. The molecule has 1 amide bonds. The van der Waals surface area contributed by atoms with Crippen LogP contribution in [0.3, 0.4) is 0 Å². The van der Waals surface area contributed by atoms with Gasteiger partial charge >= 0.3 is 12.6 Å². The van der Waals surface area contributed by atoms with E-state index >= 15 is 0 Å². The SMILES string of the molecule is CS(=O)(=O)Nc1cc(C(=O)N2CCC[C@H]2C(=O)O[C@@H](Cc2c(Cl)c[n+]([O-])cc2Cl)c2ccc(OC(F)F)c(OCC3CC3)c2)ccc1OCC1CC1. The topological polar surface area (TPSA) is 147 Å². The zero-order valence-corrected chi connectivity index (χ0v) is 30.4. The summed E-state index contributed by atoms with van der Waals surface area (Å²) in [7, 11) is -3.72. The number of alkyl halides is 2. The summed E-state index contributed by atoms with van der Waals surface area (Å²) in [5, 5.41) is 12.0. The Morgan fingerprint density at radius 1 is 0.962 bits per heavy atom. The van der Waals surface area contributed by atoms with E-state index in [0.29, 0.717) is 29.2 Å². The van der Waals surface area contributed by atoms with Crippen LogP contribution in [0.1, 0.15) is 66.1 Å². The number of pyridine rings is 1. The van der Waals surface area contributed by atoms with Crippen molar-refractivity contribution in [2.75, 3.05) is 30.7 Å². The number of sulfonamides is 1. The first-order chi connectivity index (χ1) is 24.7. The second kappa shape index (κ2) is 15.9. The Balaban J connectivity index is 1.27. The van der Waals surface area contributed by atoms with Gasteiger partial charge in [0.15, 0.2) is 23.9 Å². The van der Waals surface area contributed by atoms with E-state index in [2.05, 4.69) is 9.46 Å². The number of nitrogens with one attached hydrogen (secondary N) is 1. The Morgan fingerprint density at radius 2 is 1.60 bits per heavy atom. The highest BCUT2D eigenvalue weighted by molar-refractivity contribution is 7.92. The van der Waals surface area contributed by atoms with Crippen molar-refractivity contribution in [3.63, 3.8) is 0 Å². The third kappa shape index (κ3) is 9.86. The van der Waals surface area contributed by atoms with Crippen molar-refractivity contribution in [3.05, 3.63) is 80.7 Å². The predicted octanol–water partition coefficient (Wildman–Crippen LogP) is 6.31. The fraction of sp³-hybridized carbons (Fsp3) is 0.457. The van der Waals surface area contributed by atoms with Crippen LogP contribution in [-0.4, -0.2) is 63.9 Å². The number of likely N-dealkylation sites (tertiary alicyclic amines) is 1. The van der Waals surface area contributed by atoms with Crippen LogP contribution < -0.4 is 23.7 Å². The molecule has 1 aromatic heterocycles. The molecule has 3 aliphatic rings. The first kappa shape index (κ1) is 37.7. The molecule has 3 fully saturated rings. The van der Waals surface area contributed by atoms with E-state index in [-0.39, 0.29) is 76.0 Å². The molecule has 6 rings (SSSR count). The lowest BCUT2D eigenvalue weighted by molar-refractivity contribution is -0.605. The molecule has 0 bridgehead atoms. The molecule has 0 radical (unpaired) electrons. The van der Waals surface area contributed by atoms with E-state index in [0.717, 1.165) is 44.3 Å². The maximum absolute atomic E-state index is 14.0. The van der Waals surface area contributed by atoms with Gasteiger partial charge in [-0.2, -0.15) is 13.5 Å². The molecule has 2 heterocycles. The van der Waals surface area contributed by atoms with E-state index in [9.17, 15) is 32.0 Å². The summed E-state index contributed by atoms with van der Waals surface area (Å²) in [6.07, 6.45) is 6.63. The molecule has 1 N–H and O–H groups in total. The molecule has 2 aliphatic carbocycles. The van der Waals surface area contributed by atoms with Crippen LogP contribution in [0.4, 0.5) is 14.5 Å². The second-order valence-electron chi connectivity index (χ2n) is 13.3. The second-order valence-corrected chi connectivity index (χ2v) is 15.8. The fourth-order valence-corrected chi connectivity index (χ4v) is 7.02. The molecule has 2 atom stereocenters. The lowest BCUT2D eigenvalue weighted by Crippen LogP contribution is -2.42. The highest BCUT2D eigenvalue weighted by atomic mass is 35.5. The van der Waals surface area contributed by atoms with Crippen molar-refractivity contribution >= 4 is 50.8 Å². The molecule has 17 heteroatoms. The molecule has 12 nitrogen and oxygen atoms in total. The molecular formula is C35H37Cl2F2N3O9S. The number of rotatable bonds is 16. The van der Waals surface area contributed by atoms with Crippen LogP contribution in [0.15, 0.2) is 48.8 Å². The molecule has 0 spiro atoms. The average Bonchev–Trinajstić information content (AvgIpc) is 4.01. The number of hydrogen-bond acceptors (Lipinski definition) is 9. The monoisotopic (exact) mass is 783 g/mol. The molecular weight excluding hydrogens is 747 g/mol. The molecule has 0 unspecified atom stereocenters. The molecule has 1 saturated heterocycles. The quantitative estimate of drug-likeness (QED) is 0.100. The molecule has 280 valence electrons.